The number of halogens is 2. The van der Waals surface area contributed by atoms with Gasteiger partial charge in [-0.3, -0.25) is 0 Å². The molecular weight excluding hydrogens is 249 g/mol. The van der Waals surface area contributed by atoms with Gasteiger partial charge in [0.05, 0.1) is 11.1 Å². The molecule has 0 spiro atoms. The number of methoxy groups -OCH3 is 1. The Kier molecular flexibility index (Phi) is 5.35. The minimum atomic E-state index is 0.0728. The maximum atomic E-state index is 9.68. The van der Waals surface area contributed by atoms with Gasteiger partial charge in [-0.15, -0.1) is 0 Å². The summed E-state index contributed by atoms with van der Waals surface area (Å²) >= 11 is 11.6. The molecule has 0 aliphatic rings. The molecule has 0 bridgehead atoms. The van der Waals surface area contributed by atoms with E-state index in [1.807, 2.05) is 6.92 Å². The molecule has 1 unspecified atom stereocenters. The predicted octanol–water partition coefficient (Wildman–Crippen LogP) is 2.82. The average molecular weight is 264 g/mol. The van der Waals surface area contributed by atoms with Crippen molar-refractivity contribution in [3.63, 3.8) is 0 Å². The van der Waals surface area contributed by atoms with Crippen LogP contribution in [0.2, 0.25) is 10.0 Å². The molecule has 1 aromatic rings. The van der Waals surface area contributed by atoms with Crippen LogP contribution in [0.4, 0.5) is 0 Å². The minimum absolute atomic E-state index is 0.0728. The molecule has 0 amide bonds. The molecule has 0 aliphatic carbocycles. The summed E-state index contributed by atoms with van der Waals surface area (Å²) in [7, 11) is 1.65. The van der Waals surface area contributed by atoms with Crippen molar-refractivity contribution >= 4 is 23.2 Å². The largest absolute Gasteiger partial charge is 0.506 e. The number of phenolic OH excluding ortho intramolecular Hbond substituents is 1. The second kappa shape index (κ2) is 6.30. The topological polar surface area (TPSA) is 41.5 Å². The number of hydrogen-bond acceptors (Lipinski definition) is 3. The van der Waals surface area contributed by atoms with E-state index in [1.165, 1.54) is 6.07 Å². The van der Waals surface area contributed by atoms with Crippen molar-refractivity contribution in [1.82, 2.24) is 5.32 Å². The zero-order valence-corrected chi connectivity index (χ0v) is 10.8. The highest BCUT2D eigenvalue weighted by Crippen LogP contribution is 2.30. The number of phenols is 1. The SMILES string of the molecule is COC(C)CNCc1cc(Cl)cc(Cl)c1O. The third-order valence-electron chi connectivity index (χ3n) is 2.26. The number of ether oxygens (including phenoxy) is 1. The van der Waals surface area contributed by atoms with Crippen molar-refractivity contribution in [3.8, 4) is 5.75 Å². The van der Waals surface area contributed by atoms with E-state index >= 15 is 0 Å². The summed E-state index contributed by atoms with van der Waals surface area (Å²) in [5.74, 6) is 0.0728. The number of nitrogens with one attached hydrogen (secondary N) is 1. The Bertz CT molecular complexity index is 358. The summed E-state index contributed by atoms with van der Waals surface area (Å²) in [6.45, 7) is 3.15. The summed E-state index contributed by atoms with van der Waals surface area (Å²) in [6, 6.07) is 3.20. The van der Waals surface area contributed by atoms with Crippen LogP contribution in [-0.2, 0) is 11.3 Å². The number of benzene rings is 1. The number of aromatic hydroxyl groups is 1. The van der Waals surface area contributed by atoms with Gasteiger partial charge in [-0.2, -0.15) is 0 Å². The highest BCUT2D eigenvalue weighted by Gasteiger charge is 2.08. The molecule has 0 radical (unpaired) electrons. The van der Waals surface area contributed by atoms with Gasteiger partial charge in [0.15, 0.2) is 0 Å². The van der Waals surface area contributed by atoms with E-state index in [-0.39, 0.29) is 16.9 Å². The zero-order valence-electron chi connectivity index (χ0n) is 9.26. The van der Waals surface area contributed by atoms with Crippen molar-refractivity contribution < 1.29 is 9.84 Å². The summed E-state index contributed by atoms with van der Waals surface area (Å²) < 4.78 is 5.09. The van der Waals surface area contributed by atoms with Crippen molar-refractivity contribution in [1.29, 1.82) is 0 Å². The lowest BCUT2D eigenvalue weighted by Crippen LogP contribution is -2.25. The zero-order chi connectivity index (χ0) is 12.1. The van der Waals surface area contributed by atoms with Gasteiger partial charge in [0.25, 0.3) is 0 Å². The first kappa shape index (κ1) is 13.6. The van der Waals surface area contributed by atoms with Gasteiger partial charge in [-0.25, -0.2) is 0 Å². The Morgan fingerprint density at radius 3 is 2.75 bits per heavy atom. The fraction of sp³-hybridized carbons (Fsp3) is 0.455. The molecule has 0 aliphatic heterocycles. The Labute approximate surface area is 105 Å². The van der Waals surface area contributed by atoms with Crippen molar-refractivity contribution in [2.45, 2.75) is 19.6 Å². The van der Waals surface area contributed by atoms with Crippen LogP contribution < -0.4 is 5.32 Å². The highest BCUT2D eigenvalue weighted by atomic mass is 35.5. The molecule has 3 nitrogen and oxygen atoms in total. The number of rotatable bonds is 5. The van der Waals surface area contributed by atoms with E-state index in [9.17, 15) is 5.11 Å². The van der Waals surface area contributed by atoms with Gasteiger partial charge in [0.2, 0.25) is 0 Å². The quantitative estimate of drug-likeness (QED) is 0.859. The van der Waals surface area contributed by atoms with Gasteiger partial charge in [-0.1, -0.05) is 23.2 Å². The molecule has 5 heteroatoms. The lowest BCUT2D eigenvalue weighted by atomic mass is 10.2. The maximum Gasteiger partial charge on any atom is 0.138 e. The monoisotopic (exact) mass is 263 g/mol. The summed E-state index contributed by atoms with van der Waals surface area (Å²) in [5.41, 5.74) is 0.681. The van der Waals surface area contributed by atoms with E-state index in [1.54, 1.807) is 13.2 Å². The summed E-state index contributed by atoms with van der Waals surface area (Å²) in [4.78, 5) is 0. The smallest absolute Gasteiger partial charge is 0.138 e. The first-order valence-electron chi connectivity index (χ1n) is 4.95. The van der Waals surface area contributed by atoms with E-state index in [0.29, 0.717) is 23.7 Å². The fourth-order valence-corrected chi connectivity index (χ4v) is 1.78. The highest BCUT2D eigenvalue weighted by molar-refractivity contribution is 6.35. The summed E-state index contributed by atoms with van der Waals surface area (Å²) in [6.07, 6.45) is 0.122. The van der Waals surface area contributed by atoms with Crippen LogP contribution in [-0.4, -0.2) is 24.9 Å². The molecule has 1 rings (SSSR count). The first-order valence-corrected chi connectivity index (χ1v) is 5.70. The lowest BCUT2D eigenvalue weighted by molar-refractivity contribution is 0.117. The lowest BCUT2D eigenvalue weighted by Gasteiger charge is -2.12. The fourth-order valence-electron chi connectivity index (χ4n) is 1.25. The van der Waals surface area contributed by atoms with Crippen molar-refractivity contribution in [3.05, 3.63) is 27.7 Å². The Hall–Kier alpha value is -0.480. The van der Waals surface area contributed by atoms with Gasteiger partial charge < -0.3 is 15.2 Å². The second-order valence-electron chi connectivity index (χ2n) is 3.57. The minimum Gasteiger partial charge on any atom is -0.506 e. The standard InChI is InChI=1S/C11H15Cl2NO2/c1-7(16-2)5-14-6-8-3-9(12)4-10(13)11(8)15/h3-4,7,14-15H,5-6H2,1-2H3. The number of hydrogen-bond donors (Lipinski definition) is 2. The normalized spacial score (nSPS) is 12.8. The third kappa shape index (κ3) is 3.83. The Balaban J connectivity index is 2.60. The summed E-state index contributed by atoms with van der Waals surface area (Å²) in [5, 5.41) is 13.6. The third-order valence-corrected chi connectivity index (χ3v) is 2.76. The van der Waals surface area contributed by atoms with Crippen LogP contribution in [0.3, 0.4) is 0 Å². The van der Waals surface area contributed by atoms with Crippen LogP contribution in [0.1, 0.15) is 12.5 Å². The Morgan fingerprint density at radius 2 is 2.12 bits per heavy atom. The van der Waals surface area contributed by atoms with E-state index in [4.69, 9.17) is 27.9 Å². The van der Waals surface area contributed by atoms with E-state index in [0.717, 1.165) is 0 Å². The Morgan fingerprint density at radius 1 is 1.44 bits per heavy atom. The van der Waals surface area contributed by atoms with Gasteiger partial charge in [-0.05, 0) is 19.1 Å². The van der Waals surface area contributed by atoms with Crippen molar-refractivity contribution in [2.24, 2.45) is 0 Å². The van der Waals surface area contributed by atoms with E-state index in [2.05, 4.69) is 5.32 Å². The predicted molar refractivity (Wildman–Crippen MR) is 66.3 cm³/mol. The van der Waals surface area contributed by atoms with Crippen LogP contribution in [0.25, 0.3) is 0 Å². The van der Waals surface area contributed by atoms with Gasteiger partial charge in [0, 0.05) is 30.8 Å². The molecule has 0 heterocycles. The average Bonchev–Trinajstić information content (AvgIpc) is 2.24. The first-order chi connectivity index (χ1) is 7.54. The molecule has 0 saturated carbocycles. The molecular formula is C11H15Cl2NO2. The molecule has 16 heavy (non-hydrogen) atoms. The van der Waals surface area contributed by atoms with Gasteiger partial charge in [0.1, 0.15) is 5.75 Å². The molecule has 1 aromatic carbocycles. The maximum absolute atomic E-state index is 9.68. The second-order valence-corrected chi connectivity index (χ2v) is 4.42. The van der Waals surface area contributed by atoms with Crippen LogP contribution >= 0.6 is 23.2 Å². The molecule has 0 fully saturated rings. The molecule has 0 saturated heterocycles. The van der Waals surface area contributed by atoms with Crippen LogP contribution in [0, 0.1) is 0 Å². The van der Waals surface area contributed by atoms with Crippen LogP contribution in [0.5, 0.6) is 5.75 Å². The van der Waals surface area contributed by atoms with Crippen LogP contribution in [0.15, 0.2) is 12.1 Å². The van der Waals surface area contributed by atoms with E-state index < -0.39 is 0 Å². The molecule has 1 atom stereocenters. The molecule has 90 valence electrons. The molecule has 2 N–H and O–H groups in total. The molecule has 0 aromatic heterocycles. The van der Waals surface area contributed by atoms with Crippen molar-refractivity contribution in [2.75, 3.05) is 13.7 Å². The van der Waals surface area contributed by atoms with Gasteiger partial charge >= 0.3 is 0 Å².